The summed E-state index contributed by atoms with van der Waals surface area (Å²) in [7, 11) is 1.95. The van der Waals surface area contributed by atoms with Gasteiger partial charge in [0.05, 0.1) is 10.6 Å². The van der Waals surface area contributed by atoms with Gasteiger partial charge in [-0.1, -0.05) is 46.7 Å². The summed E-state index contributed by atoms with van der Waals surface area (Å²) >= 11 is 9.13. The number of halogens is 1. The fourth-order valence-corrected chi connectivity index (χ4v) is 3.93. The quantitative estimate of drug-likeness (QED) is 0.467. The molecule has 0 spiro atoms. The zero-order valence-corrected chi connectivity index (χ0v) is 15.5. The average Bonchev–Trinajstić information content (AvgIpc) is 3.34. The van der Waals surface area contributed by atoms with E-state index in [1.165, 1.54) is 11.8 Å². The Morgan fingerprint density at radius 2 is 2.16 bits per heavy atom. The Kier molecular flexibility index (Phi) is 4.56. The van der Waals surface area contributed by atoms with Gasteiger partial charge in [-0.2, -0.15) is 4.98 Å². The summed E-state index contributed by atoms with van der Waals surface area (Å²) in [5.41, 5.74) is 0.825. The molecule has 1 aromatic carbocycles. The molecular weight excluding hydrogens is 378 g/mol. The van der Waals surface area contributed by atoms with Crippen LogP contribution in [0, 0.1) is 0 Å². The van der Waals surface area contributed by atoms with Gasteiger partial charge in [0.1, 0.15) is 0 Å². The SMILES string of the molecule is Cn1c(SCc2nc(-c3cccc(Cl)c3)no2)nnc1-c1cccs1. The highest BCUT2D eigenvalue weighted by Crippen LogP contribution is 2.28. The molecule has 25 heavy (non-hydrogen) atoms. The van der Waals surface area contributed by atoms with E-state index >= 15 is 0 Å². The molecule has 0 unspecified atom stereocenters. The van der Waals surface area contributed by atoms with Gasteiger partial charge in [0.15, 0.2) is 11.0 Å². The maximum absolute atomic E-state index is 6.00. The van der Waals surface area contributed by atoms with E-state index in [1.807, 2.05) is 41.3 Å². The molecule has 0 aliphatic heterocycles. The Balaban J connectivity index is 1.48. The van der Waals surface area contributed by atoms with Gasteiger partial charge < -0.3 is 9.09 Å². The van der Waals surface area contributed by atoms with Crippen molar-refractivity contribution in [1.29, 1.82) is 0 Å². The third-order valence-electron chi connectivity index (χ3n) is 3.45. The molecule has 0 N–H and O–H groups in total. The Hall–Kier alpha value is -2.16. The molecule has 6 nitrogen and oxygen atoms in total. The van der Waals surface area contributed by atoms with Crippen LogP contribution in [-0.2, 0) is 12.8 Å². The number of thiophene rings is 1. The minimum absolute atomic E-state index is 0.518. The molecule has 0 radical (unpaired) electrons. The van der Waals surface area contributed by atoms with Crippen LogP contribution in [0.2, 0.25) is 5.02 Å². The average molecular weight is 390 g/mol. The molecule has 0 saturated carbocycles. The smallest absolute Gasteiger partial charge is 0.237 e. The maximum atomic E-state index is 6.00. The minimum atomic E-state index is 0.518. The van der Waals surface area contributed by atoms with Gasteiger partial charge >= 0.3 is 0 Å². The zero-order chi connectivity index (χ0) is 17.2. The number of aromatic nitrogens is 5. The lowest BCUT2D eigenvalue weighted by molar-refractivity contribution is 0.391. The Morgan fingerprint density at radius 1 is 1.24 bits per heavy atom. The fourth-order valence-electron chi connectivity index (χ4n) is 2.25. The van der Waals surface area contributed by atoms with Gasteiger partial charge in [-0.25, -0.2) is 0 Å². The van der Waals surface area contributed by atoms with Crippen molar-refractivity contribution >= 4 is 34.7 Å². The minimum Gasteiger partial charge on any atom is -0.338 e. The van der Waals surface area contributed by atoms with Crippen LogP contribution in [-0.4, -0.2) is 24.9 Å². The lowest BCUT2D eigenvalue weighted by Gasteiger charge is -2.00. The van der Waals surface area contributed by atoms with Crippen molar-refractivity contribution < 1.29 is 4.52 Å². The zero-order valence-electron chi connectivity index (χ0n) is 13.1. The molecule has 0 aliphatic carbocycles. The highest BCUT2D eigenvalue weighted by Gasteiger charge is 2.14. The number of thioether (sulfide) groups is 1. The largest absolute Gasteiger partial charge is 0.338 e. The van der Waals surface area contributed by atoms with E-state index in [1.54, 1.807) is 23.5 Å². The third-order valence-corrected chi connectivity index (χ3v) is 5.56. The van der Waals surface area contributed by atoms with Crippen molar-refractivity contribution in [2.75, 3.05) is 0 Å². The van der Waals surface area contributed by atoms with Crippen LogP contribution < -0.4 is 0 Å². The van der Waals surface area contributed by atoms with Gasteiger partial charge in [0.2, 0.25) is 11.7 Å². The molecule has 9 heteroatoms. The van der Waals surface area contributed by atoms with Gasteiger partial charge in [-0.3, -0.25) is 0 Å². The van der Waals surface area contributed by atoms with Crippen molar-refractivity contribution in [2.24, 2.45) is 7.05 Å². The summed E-state index contributed by atoms with van der Waals surface area (Å²) in [4.78, 5) is 5.50. The summed E-state index contributed by atoms with van der Waals surface area (Å²) in [6, 6.07) is 11.4. The topological polar surface area (TPSA) is 69.6 Å². The summed E-state index contributed by atoms with van der Waals surface area (Å²) in [6.45, 7) is 0. The molecular formula is C16H12ClN5OS2. The molecule has 0 fully saturated rings. The predicted molar refractivity (Wildman–Crippen MR) is 98.6 cm³/mol. The number of nitrogens with zero attached hydrogens (tertiary/aromatic N) is 5. The second-order valence-corrected chi connectivity index (χ2v) is 7.48. The normalized spacial score (nSPS) is 11.1. The van der Waals surface area contributed by atoms with Crippen molar-refractivity contribution in [3.63, 3.8) is 0 Å². The second kappa shape index (κ2) is 6.99. The highest BCUT2D eigenvalue weighted by molar-refractivity contribution is 7.98. The van der Waals surface area contributed by atoms with Crippen LogP contribution in [0.15, 0.2) is 51.5 Å². The van der Waals surface area contributed by atoms with Crippen LogP contribution in [0.5, 0.6) is 0 Å². The standard InChI is InChI=1S/C16H12ClN5OS2/c1-22-15(12-6-3-7-24-12)19-20-16(22)25-9-13-18-14(21-23-13)10-4-2-5-11(17)8-10/h2-8H,9H2,1H3. The van der Waals surface area contributed by atoms with Crippen molar-refractivity contribution in [2.45, 2.75) is 10.9 Å². The van der Waals surface area contributed by atoms with Crippen LogP contribution in [0.1, 0.15) is 5.89 Å². The lowest BCUT2D eigenvalue weighted by Crippen LogP contribution is -1.94. The van der Waals surface area contributed by atoms with E-state index in [9.17, 15) is 0 Å². The first kappa shape index (κ1) is 16.3. The highest BCUT2D eigenvalue weighted by atomic mass is 35.5. The van der Waals surface area contributed by atoms with E-state index in [2.05, 4.69) is 20.3 Å². The van der Waals surface area contributed by atoms with E-state index in [0.717, 1.165) is 21.4 Å². The van der Waals surface area contributed by atoms with Crippen LogP contribution in [0.4, 0.5) is 0 Å². The van der Waals surface area contributed by atoms with Crippen LogP contribution in [0.25, 0.3) is 22.1 Å². The molecule has 126 valence electrons. The van der Waals surface area contributed by atoms with E-state index in [-0.39, 0.29) is 0 Å². The molecule has 0 bridgehead atoms. The Labute approximate surface area is 156 Å². The number of rotatable bonds is 5. The first-order valence-corrected chi connectivity index (χ1v) is 9.59. The summed E-state index contributed by atoms with van der Waals surface area (Å²) < 4.78 is 7.28. The molecule has 0 atom stereocenters. The van der Waals surface area contributed by atoms with Gasteiger partial charge in [-0.05, 0) is 23.6 Å². The number of hydrogen-bond donors (Lipinski definition) is 0. The number of hydrogen-bond acceptors (Lipinski definition) is 7. The molecule has 4 aromatic rings. The number of benzene rings is 1. The lowest BCUT2D eigenvalue weighted by atomic mass is 10.2. The Morgan fingerprint density at radius 3 is 2.96 bits per heavy atom. The van der Waals surface area contributed by atoms with Gasteiger partial charge in [0.25, 0.3) is 0 Å². The summed E-state index contributed by atoms with van der Waals surface area (Å²) in [6.07, 6.45) is 0. The molecule has 3 aromatic heterocycles. The molecule has 0 aliphatic rings. The molecule has 4 rings (SSSR count). The third kappa shape index (κ3) is 3.46. The van der Waals surface area contributed by atoms with Crippen LogP contribution >= 0.6 is 34.7 Å². The van der Waals surface area contributed by atoms with E-state index < -0.39 is 0 Å². The van der Waals surface area contributed by atoms with Crippen LogP contribution in [0.3, 0.4) is 0 Å². The van der Waals surface area contributed by atoms with Crippen molar-refractivity contribution in [1.82, 2.24) is 24.9 Å². The second-order valence-electron chi connectivity index (χ2n) is 5.15. The molecule has 0 saturated heterocycles. The molecule has 0 amide bonds. The van der Waals surface area contributed by atoms with E-state index in [4.69, 9.17) is 16.1 Å². The molecule has 3 heterocycles. The first-order chi connectivity index (χ1) is 12.2. The van der Waals surface area contributed by atoms with Gasteiger partial charge in [0, 0.05) is 17.6 Å². The fraction of sp³-hybridized carbons (Fsp3) is 0.125. The van der Waals surface area contributed by atoms with Gasteiger partial charge in [-0.15, -0.1) is 21.5 Å². The van der Waals surface area contributed by atoms with Crippen molar-refractivity contribution in [3.05, 3.63) is 52.7 Å². The first-order valence-electron chi connectivity index (χ1n) is 7.35. The monoisotopic (exact) mass is 389 g/mol. The summed E-state index contributed by atoms with van der Waals surface area (Å²) in [5.74, 6) is 2.42. The van der Waals surface area contributed by atoms with E-state index in [0.29, 0.717) is 22.5 Å². The van der Waals surface area contributed by atoms with Crippen molar-refractivity contribution in [3.8, 4) is 22.1 Å². The maximum Gasteiger partial charge on any atom is 0.237 e. The summed E-state index contributed by atoms with van der Waals surface area (Å²) in [5, 5.41) is 16.0. The Bertz CT molecular complexity index is 996. The predicted octanol–water partition coefficient (Wildman–Crippen LogP) is 4.54.